The summed E-state index contributed by atoms with van der Waals surface area (Å²) in [4.78, 5) is 16.7. The normalized spacial score (nSPS) is 22.3. The average molecular weight is 391 g/mol. The fraction of sp³-hybridized carbons (Fsp3) is 0.304. The van der Waals surface area contributed by atoms with Crippen molar-refractivity contribution in [1.29, 1.82) is 0 Å². The lowest BCUT2D eigenvalue weighted by Gasteiger charge is -2.30. The summed E-state index contributed by atoms with van der Waals surface area (Å²) in [6.45, 7) is 2.25. The van der Waals surface area contributed by atoms with Crippen LogP contribution in [0, 0.1) is 5.92 Å². The van der Waals surface area contributed by atoms with Crippen LogP contribution in [0.5, 0.6) is 11.5 Å². The number of fused-ring (bicyclic) bond motifs is 4. The zero-order valence-corrected chi connectivity index (χ0v) is 16.6. The zero-order valence-electron chi connectivity index (χ0n) is 16.6. The van der Waals surface area contributed by atoms with Crippen molar-refractivity contribution in [3.05, 3.63) is 77.9 Å². The maximum Gasteiger partial charge on any atom is 0.223 e. The van der Waals surface area contributed by atoms with Crippen molar-refractivity contribution in [2.24, 2.45) is 13.0 Å². The number of carbonyl (C=O) groups is 1. The number of amides is 1. The predicted octanol–water partition coefficient (Wildman–Crippen LogP) is 3.15. The molecule has 3 aromatic rings. The minimum Gasteiger partial charge on any atom is -0.457 e. The van der Waals surface area contributed by atoms with E-state index in [-0.39, 0.29) is 11.8 Å². The van der Waals surface area contributed by atoms with Crippen molar-refractivity contribution < 1.29 is 14.6 Å². The van der Waals surface area contributed by atoms with Gasteiger partial charge in [0.05, 0.1) is 18.2 Å². The molecule has 0 aliphatic carbocycles. The van der Waals surface area contributed by atoms with E-state index in [0.717, 1.165) is 5.56 Å². The number of ether oxygens (including phenoxy) is 1. The number of imidazole rings is 1. The first-order chi connectivity index (χ1) is 14.0. The van der Waals surface area contributed by atoms with Crippen LogP contribution in [-0.2, 0) is 23.9 Å². The zero-order chi connectivity index (χ0) is 20.4. The number of aryl methyl sites for hydroxylation is 1. The van der Waals surface area contributed by atoms with Crippen LogP contribution in [0.1, 0.15) is 30.2 Å². The number of aromatic nitrogens is 2. The number of benzene rings is 2. The summed E-state index contributed by atoms with van der Waals surface area (Å²) >= 11 is 0. The molecule has 2 N–H and O–H groups in total. The van der Waals surface area contributed by atoms with Gasteiger partial charge in [-0.15, -0.1) is 0 Å². The molecule has 4 rings (SSSR count). The van der Waals surface area contributed by atoms with Crippen LogP contribution in [0.3, 0.4) is 0 Å². The molecule has 0 spiro atoms. The third-order valence-corrected chi connectivity index (χ3v) is 5.46. The van der Waals surface area contributed by atoms with E-state index in [9.17, 15) is 9.90 Å². The minimum atomic E-state index is -1.31. The summed E-state index contributed by atoms with van der Waals surface area (Å²) < 4.78 is 7.87. The topological polar surface area (TPSA) is 76.4 Å². The quantitative estimate of drug-likeness (QED) is 0.668. The van der Waals surface area contributed by atoms with Crippen molar-refractivity contribution in [1.82, 2.24) is 14.9 Å². The van der Waals surface area contributed by atoms with Crippen LogP contribution in [0.4, 0.5) is 0 Å². The monoisotopic (exact) mass is 391 g/mol. The number of hydrogen-bond acceptors (Lipinski definition) is 4. The summed E-state index contributed by atoms with van der Waals surface area (Å²) in [5, 5.41) is 14.7. The van der Waals surface area contributed by atoms with Crippen LogP contribution >= 0.6 is 0 Å². The standard InChI is InChI=1S/C23H25N3O3/c1-16-11-17-5-3-7-19(12-17)29-20-8-4-6-18(13-20)23(28,9-10-25-22(16)27)21-14-24-15-26(21)2/h3-8,12-16,28H,9-11H2,1-2H3,(H,25,27). The number of nitrogens with one attached hydrogen (secondary N) is 1. The molecule has 2 heterocycles. The van der Waals surface area contributed by atoms with E-state index >= 15 is 0 Å². The molecule has 2 unspecified atom stereocenters. The summed E-state index contributed by atoms with van der Waals surface area (Å²) in [5.74, 6) is 1.13. The molecule has 1 aliphatic heterocycles. The average Bonchev–Trinajstić information content (AvgIpc) is 3.14. The highest BCUT2D eigenvalue weighted by atomic mass is 16.5. The van der Waals surface area contributed by atoms with Crippen molar-refractivity contribution in [3.8, 4) is 11.5 Å². The van der Waals surface area contributed by atoms with Gasteiger partial charge in [-0.3, -0.25) is 4.79 Å². The van der Waals surface area contributed by atoms with Crippen LogP contribution in [-0.4, -0.2) is 27.1 Å². The molecule has 0 saturated heterocycles. The van der Waals surface area contributed by atoms with Gasteiger partial charge in [-0.2, -0.15) is 0 Å². The first-order valence-corrected chi connectivity index (χ1v) is 9.80. The van der Waals surface area contributed by atoms with Gasteiger partial charge in [0.1, 0.15) is 17.1 Å². The van der Waals surface area contributed by atoms with Crippen molar-refractivity contribution in [3.63, 3.8) is 0 Å². The first kappa shape index (κ1) is 19.2. The third kappa shape index (κ3) is 3.89. The Balaban J connectivity index is 1.79. The van der Waals surface area contributed by atoms with Gasteiger partial charge < -0.3 is 19.7 Å². The number of nitrogens with zero attached hydrogens (tertiary/aromatic N) is 2. The van der Waals surface area contributed by atoms with Gasteiger partial charge in [-0.25, -0.2) is 4.98 Å². The maximum absolute atomic E-state index is 12.6. The molecule has 29 heavy (non-hydrogen) atoms. The lowest BCUT2D eigenvalue weighted by molar-refractivity contribution is -0.124. The fourth-order valence-corrected chi connectivity index (χ4v) is 3.85. The summed E-state index contributed by atoms with van der Waals surface area (Å²) in [7, 11) is 1.85. The van der Waals surface area contributed by atoms with Crippen molar-refractivity contribution in [2.75, 3.05) is 6.54 Å². The molecule has 1 amide bonds. The highest BCUT2D eigenvalue weighted by Crippen LogP contribution is 2.35. The Morgan fingerprint density at radius 2 is 1.97 bits per heavy atom. The molecule has 150 valence electrons. The molecule has 0 saturated carbocycles. The highest BCUT2D eigenvalue weighted by molar-refractivity contribution is 5.78. The van der Waals surface area contributed by atoms with Crippen LogP contribution in [0.2, 0.25) is 0 Å². The SMILES string of the molecule is CC1Cc2cccc(c2)Oc2cccc(c2)C(O)(c2cncn2C)CCNC1=O. The van der Waals surface area contributed by atoms with Gasteiger partial charge in [0, 0.05) is 25.9 Å². The van der Waals surface area contributed by atoms with Gasteiger partial charge >= 0.3 is 0 Å². The Morgan fingerprint density at radius 1 is 1.21 bits per heavy atom. The van der Waals surface area contributed by atoms with E-state index in [1.54, 1.807) is 17.1 Å². The Morgan fingerprint density at radius 3 is 2.72 bits per heavy atom. The van der Waals surface area contributed by atoms with Gasteiger partial charge in [0.25, 0.3) is 0 Å². The fourth-order valence-electron chi connectivity index (χ4n) is 3.85. The Labute approximate surface area is 170 Å². The first-order valence-electron chi connectivity index (χ1n) is 9.80. The van der Waals surface area contributed by atoms with Crippen molar-refractivity contribution >= 4 is 5.91 Å². The molecule has 6 nitrogen and oxygen atoms in total. The molecule has 2 atom stereocenters. The largest absolute Gasteiger partial charge is 0.457 e. The number of rotatable bonds is 1. The highest BCUT2D eigenvalue weighted by Gasteiger charge is 2.34. The van der Waals surface area contributed by atoms with Gasteiger partial charge in [0.15, 0.2) is 0 Å². The number of carbonyl (C=O) groups excluding carboxylic acids is 1. The second kappa shape index (κ2) is 7.72. The molecule has 4 bridgehead atoms. The predicted molar refractivity (Wildman–Crippen MR) is 110 cm³/mol. The van der Waals surface area contributed by atoms with E-state index < -0.39 is 5.60 Å². The van der Waals surface area contributed by atoms with E-state index in [2.05, 4.69) is 10.3 Å². The summed E-state index contributed by atoms with van der Waals surface area (Å²) in [5.41, 5.74) is 1.08. The second-order valence-corrected chi connectivity index (χ2v) is 7.67. The van der Waals surface area contributed by atoms with Crippen LogP contribution < -0.4 is 10.1 Å². The number of hydrogen-bond donors (Lipinski definition) is 2. The molecule has 1 aliphatic rings. The summed E-state index contributed by atoms with van der Waals surface area (Å²) in [6.07, 6.45) is 4.25. The molecule has 0 radical (unpaired) electrons. The lowest BCUT2D eigenvalue weighted by Crippen LogP contribution is -2.37. The van der Waals surface area contributed by atoms with Gasteiger partial charge in [-0.1, -0.05) is 31.2 Å². The Hall–Kier alpha value is -3.12. The Kier molecular flexibility index (Phi) is 5.11. The second-order valence-electron chi connectivity index (χ2n) is 7.67. The molecular weight excluding hydrogens is 366 g/mol. The van der Waals surface area contributed by atoms with E-state index in [0.29, 0.717) is 42.1 Å². The summed E-state index contributed by atoms with van der Waals surface area (Å²) in [6, 6.07) is 15.2. The van der Waals surface area contributed by atoms with E-state index in [4.69, 9.17) is 4.74 Å². The van der Waals surface area contributed by atoms with Crippen molar-refractivity contribution in [2.45, 2.75) is 25.4 Å². The van der Waals surface area contributed by atoms with Crippen LogP contribution in [0.25, 0.3) is 0 Å². The Bertz CT molecular complexity index is 1030. The molecule has 1 aromatic heterocycles. The molecule has 2 aromatic carbocycles. The van der Waals surface area contributed by atoms with E-state index in [1.165, 1.54) is 0 Å². The number of aliphatic hydroxyl groups is 1. The lowest BCUT2D eigenvalue weighted by atomic mass is 9.87. The maximum atomic E-state index is 12.6. The van der Waals surface area contributed by atoms with Crippen LogP contribution in [0.15, 0.2) is 61.1 Å². The van der Waals surface area contributed by atoms with Gasteiger partial charge in [-0.05, 0) is 41.8 Å². The molecule has 0 fully saturated rings. The molecule has 6 heteroatoms. The minimum absolute atomic E-state index is 0.0329. The van der Waals surface area contributed by atoms with E-state index in [1.807, 2.05) is 62.5 Å². The smallest absolute Gasteiger partial charge is 0.223 e. The van der Waals surface area contributed by atoms with Gasteiger partial charge in [0.2, 0.25) is 5.91 Å². The third-order valence-electron chi connectivity index (χ3n) is 5.46. The molecular formula is C23H25N3O3.